The molecule has 4 rings (SSSR count). The Balaban J connectivity index is 1.32. The number of carbonyl (C=O) groups is 1. The van der Waals surface area contributed by atoms with Crippen LogP contribution < -0.4 is 10.6 Å². The first-order chi connectivity index (χ1) is 12.8. The summed E-state index contributed by atoms with van der Waals surface area (Å²) >= 11 is 1.75. The van der Waals surface area contributed by atoms with Crippen molar-refractivity contribution >= 4 is 17.7 Å². The molecule has 0 radical (unpaired) electrons. The minimum Gasteiger partial charge on any atom is -0.352 e. The van der Waals surface area contributed by atoms with E-state index in [1.54, 1.807) is 11.8 Å². The van der Waals surface area contributed by atoms with E-state index in [1.807, 2.05) is 12.1 Å². The summed E-state index contributed by atoms with van der Waals surface area (Å²) in [5, 5.41) is 6.80. The summed E-state index contributed by atoms with van der Waals surface area (Å²) in [5.74, 6) is 0.735. The number of rotatable bonds is 6. The molecule has 2 heterocycles. The van der Waals surface area contributed by atoms with E-state index in [4.69, 9.17) is 0 Å². The van der Waals surface area contributed by atoms with Gasteiger partial charge in [-0.05, 0) is 55.4 Å². The van der Waals surface area contributed by atoms with Crippen LogP contribution in [-0.2, 0) is 11.3 Å². The van der Waals surface area contributed by atoms with Crippen LogP contribution in [0.2, 0.25) is 0 Å². The number of hydrogen-bond donors (Lipinski definition) is 2. The highest BCUT2D eigenvalue weighted by atomic mass is 32.2. The van der Waals surface area contributed by atoms with Crippen molar-refractivity contribution in [2.45, 2.75) is 60.5 Å². The maximum absolute atomic E-state index is 12.4. The van der Waals surface area contributed by atoms with Crippen LogP contribution in [0.5, 0.6) is 0 Å². The van der Waals surface area contributed by atoms with E-state index >= 15 is 0 Å². The SMILES string of the molecule is O=C(CC1CC2CCC(C1)N2)NCc1ccccc1Sc1ccccc1. The largest absolute Gasteiger partial charge is 0.352 e. The second-order valence-corrected chi connectivity index (χ2v) is 8.59. The molecular formula is C22H26N2OS. The van der Waals surface area contributed by atoms with Crippen LogP contribution in [0.4, 0.5) is 0 Å². The molecule has 2 atom stereocenters. The smallest absolute Gasteiger partial charge is 0.220 e. The molecule has 0 aromatic heterocycles. The highest BCUT2D eigenvalue weighted by Gasteiger charge is 2.34. The van der Waals surface area contributed by atoms with E-state index in [1.165, 1.54) is 28.2 Å². The Morgan fingerprint density at radius 2 is 1.69 bits per heavy atom. The van der Waals surface area contributed by atoms with Crippen molar-refractivity contribution in [1.82, 2.24) is 10.6 Å². The quantitative estimate of drug-likeness (QED) is 0.797. The minimum absolute atomic E-state index is 0.191. The lowest BCUT2D eigenvalue weighted by Gasteiger charge is -2.28. The number of carbonyl (C=O) groups excluding carboxylic acids is 1. The molecule has 0 aliphatic carbocycles. The zero-order valence-corrected chi connectivity index (χ0v) is 15.8. The molecule has 136 valence electrons. The van der Waals surface area contributed by atoms with E-state index in [0.717, 1.165) is 12.8 Å². The van der Waals surface area contributed by atoms with Gasteiger partial charge in [-0.1, -0.05) is 48.2 Å². The van der Waals surface area contributed by atoms with Gasteiger partial charge in [0.05, 0.1) is 0 Å². The summed E-state index contributed by atoms with van der Waals surface area (Å²) in [7, 11) is 0. The molecule has 2 fully saturated rings. The maximum atomic E-state index is 12.4. The second-order valence-electron chi connectivity index (χ2n) is 7.48. The third-order valence-electron chi connectivity index (χ3n) is 5.46. The van der Waals surface area contributed by atoms with Crippen molar-refractivity contribution in [1.29, 1.82) is 0 Å². The fourth-order valence-electron chi connectivity index (χ4n) is 4.23. The molecular weight excluding hydrogens is 340 g/mol. The van der Waals surface area contributed by atoms with Crippen molar-refractivity contribution in [3.63, 3.8) is 0 Å². The third-order valence-corrected chi connectivity index (χ3v) is 6.59. The van der Waals surface area contributed by atoms with Crippen LogP contribution >= 0.6 is 11.8 Å². The van der Waals surface area contributed by atoms with Crippen LogP contribution in [0, 0.1) is 5.92 Å². The van der Waals surface area contributed by atoms with Gasteiger partial charge in [-0.3, -0.25) is 4.79 Å². The summed E-state index contributed by atoms with van der Waals surface area (Å²) in [6, 6.07) is 20.0. The molecule has 3 nitrogen and oxygen atoms in total. The maximum Gasteiger partial charge on any atom is 0.220 e. The molecule has 2 aromatic carbocycles. The first kappa shape index (κ1) is 17.6. The van der Waals surface area contributed by atoms with Gasteiger partial charge in [0.25, 0.3) is 0 Å². The lowest BCUT2D eigenvalue weighted by atomic mass is 9.89. The summed E-state index contributed by atoms with van der Waals surface area (Å²) in [6.07, 6.45) is 5.55. The third kappa shape index (κ3) is 4.49. The minimum atomic E-state index is 0.191. The lowest BCUT2D eigenvalue weighted by Crippen LogP contribution is -2.39. The van der Waals surface area contributed by atoms with Crippen LogP contribution in [0.15, 0.2) is 64.4 Å². The predicted molar refractivity (Wildman–Crippen MR) is 106 cm³/mol. The van der Waals surface area contributed by atoms with Crippen molar-refractivity contribution in [3.8, 4) is 0 Å². The summed E-state index contributed by atoms with van der Waals surface area (Å²) in [5.41, 5.74) is 1.18. The van der Waals surface area contributed by atoms with E-state index in [9.17, 15) is 4.79 Å². The monoisotopic (exact) mass is 366 g/mol. The lowest BCUT2D eigenvalue weighted by molar-refractivity contribution is -0.122. The zero-order valence-electron chi connectivity index (χ0n) is 15.0. The number of benzene rings is 2. The molecule has 2 unspecified atom stereocenters. The molecule has 2 aliphatic rings. The topological polar surface area (TPSA) is 41.1 Å². The number of amides is 1. The van der Waals surface area contributed by atoms with Gasteiger partial charge in [0.1, 0.15) is 0 Å². The Bertz CT molecular complexity index is 737. The summed E-state index contributed by atoms with van der Waals surface area (Å²) in [6.45, 7) is 0.604. The van der Waals surface area contributed by atoms with Crippen molar-refractivity contribution in [2.24, 2.45) is 5.92 Å². The van der Waals surface area contributed by atoms with E-state index in [2.05, 4.69) is 53.1 Å². The molecule has 1 amide bonds. The number of fused-ring (bicyclic) bond motifs is 2. The average Bonchev–Trinajstić information content (AvgIpc) is 3.00. The molecule has 2 aromatic rings. The van der Waals surface area contributed by atoms with Crippen LogP contribution in [-0.4, -0.2) is 18.0 Å². The molecule has 2 N–H and O–H groups in total. The molecule has 4 heteroatoms. The van der Waals surface area contributed by atoms with E-state index in [-0.39, 0.29) is 5.91 Å². The van der Waals surface area contributed by atoms with E-state index in [0.29, 0.717) is 31.0 Å². The normalized spacial score (nSPS) is 24.4. The Morgan fingerprint density at radius 1 is 1.00 bits per heavy atom. The second kappa shape index (κ2) is 8.28. The Morgan fingerprint density at radius 3 is 2.46 bits per heavy atom. The van der Waals surface area contributed by atoms with Crippen LogP contribution in [0.1, 0.15) is 37.7 Å². The first-order valence-corrected chi connectivity index (χ1v) is 10.4. The highest BCUT2D eigenvalue weighted by Crippen LogP contribution is 2.33. The van der Waals surface area contributed by atoms with Gasteiger partial charge in [0, 0.05) is 34.8 Å². The summed E-state index contributed by atoms with van der Waals surface area (Å²) in [4.78, 5) is 14.9. The van der Waals surface area contributed by atoms with Gasteiger partial charge >= 0.3 is 0 Å². The molecule has 26 heavy (non-hydrogen) atoms. The van der Waals surface area contributed by atoms with Gasteiger partial charge in [-0.25, -0.2) is 0 Å². The highest BCUT2D eigenvalue weighted by molar-refractivity contribution is 7.99. The van der Waals surface area contributed by atoms with Crippen molar-refractivity contribution in [2.75, 3.05) is 0 Å². The average molecular weight is 367 g/mol. The Labute approximate surface area is 160 Å². The standard InChI is InChI=1S/C22H26N2OS/c25-22(14-16-12-18-10-11-19(13-16)24-18)23-15-17-6-4-5-9-21(17)26-20-7-2-1-3-8-20/h1-9,16,18-19,24H,10-15H2,(H,23,25). The Kier molecular flexibility index (Phi) is 5.61. The van der Waals surface area contributed by atoms with Crippen LogP contribution in [0.3, 0.4) is 0 Å². The van der Waals surface area contributed by atoms with Gasteiger partial charge in [-0.2, -0.15) is 0 Å². The molecule has 0 spiro atoms. The Hall–Kier alpha value is -1.78. The first-order valence-electron chi connectivity index (χ1n) is 9.60. The molecule has 2 aliphatic heterocycles. The number of piperidine rings is 1. The van der Waals surface area contributed by atoms with E-state index < -0.39 is 0 Å². The fourth-order valence-corrected chi connectivity index (χ4v) is 5.20. The number of nitrogens with one attached hydrogen (secondary N) is 2. The van der Waals surface area contributed by atoms with Crippen molar-refractivity contribution < 1.29 is 4.79 Å². The van der Waals surface area contributed by atoms with Crippen LogP contribution in [0.25, 0.3) is 0 Å². The zero-order chi connectivity index (χ0) is 17.8. The summed E-state index contributed by atoms with van der Waals surface area (Å²) < 4.78 is 0. The van der Waals surface area contributed by atoms with Gasteiger partial charge in [0.15, 0.2) is 0 Å². The number of hydrogen-bond acceptors (Lipinski definition) is 3. The van der Waals surface area contributed by atoms with Gasteiger partial charge < -0.3 is 10.6 Å². The van der Waals surface area contributed by atoms with Gasteiger partial charge in [0.2, 0.25) is 5.91 Å². The molecule has 2 bridgehead atoms. The van der Waals surface area contributed by atoms with Crippen molar-refractivity contribution in [3.05, 3.63) is 60.2 Å². The van der Waals surface area contributed by atoms with Gasteiger partial charge in [-0.15, -0.1) is 0 Å². The molecule has 2 saturated heterocycles. The fraction of sp³-hybridized carbons (Fsp3) is 0.409. The predicted octanol–water partition coefficient (Wildman–Crippen LogP) is 4.37. The molecule has 0 saturated carbocycles.